The molecule has 1 aliphatic rings. The number of hydrogen-bond donors (Lipinski definition) is 0. The van der Waals surface area contributed by atoms with Crippen molar-refractivity contribution < 1.29 is 9.47 Å². The highest BCUT2D eigenvalue weighted by molar-refractivity contribution is 5.40. The van der Waals surface area contributed by atoms with E-state index < -0.39 is 0 Å². The molecule has 0 saturated carbocycles. The second kappa shape index (κ2) is 6.41. The van der Waals surface area contributed by atoms with Crippen LogP contribution >= 0.6 is 0 Å². The van der Waals surface area contributed by atoms with Crippen LogP contribution < -0.4 is 4.90 Å². The number of nitrogens with zero attached hydrogens (tertiary/aromatic N) is 5. The van der Waals surface area contributed by atoms with E-state index in [0.29, 0.717) is 13.2 Å². The molecule has 0 amide bonds. The predicted molar refractivity (Wildman–Crippen MR) is 82.5 cm³/mol. The molecule has 2 aromatic rings. The summed E-state index contributed by atoms with van der Waals surface area (Å²) in [5.74, 6) is 1.59. The van der Waals surface area contributed by atoms with Gasteiger partial charge in [-0.05, 0) is 32.0 Å². The molecule has 0 N–H and O–H groups in total. The molecule has 7 nitrogen and oxygen atoms in total. The molecule has 0 aromatic carbocycles. The van der Waals surface area contributed by atoms with Gasteiger partial charge in [0.05, 0.1) is 25.0 Å². The topological polar surface area (TPSA) is 65.3 Å². The van der Waals surface area contributed by atoms with Crippen LogP contribution in [0.25, 0.3) is 5.82 Å². The van der Waals surface area contributed by atoms with Crippen LogP contribution in [-0.4, -0.2) is 59.5 Å². The van der Waals surface area contributed by atoms with Gasteiger partial charge >= 0.3 is 0 Å². The molecule has 3 heterocycles. The summed E-state index contributed by atoms with van der Waals surface area (Å²) in [5, 5.41) is 13.1. The summed E-state index contributed by atoms with van der Waals surface area (Å²) in [5.41, 5.74) is 2.02. The average molecular weight is 303 g/mol. The third-order valence-corrected chi connectivity index (χ3v) is 3.68. The number of aromatic nitrogens is 4. The van der Waals surface area contributed by atoms with E-state index in [-0.39, 0.29) is 6.10 Å². The molecule has 1 saturated heterocycles. The Morgan fingerprint density at radius 3 is 2.68 bits per heavy atom. The predicted octanol–water partition coefficient (Wildman–Crippen LogP) is 1.13. The van der Waals surface area contributed by atoms with Crippen molar-refractivity contribution in [3.05, 3.63) is 29.6 Å². The first-order valence-electron chi connectivity index (χ1n) is 7.40. The van der Waals surface area contributed by atoms with Crippen molar-refractivity contribution in [1.29, 1.82) is 0 Å². The van der Waals surface area contributed by atoms with Gasteiger partial charge in [0.15, 0.2) is 11.6 Å². The van der Waals surface area contributed by atoms with E-state index in [1.165, 1.54) is 0 Å². The lowest BCUT2D eigenvalue weighted by molar-refractivity contribution is -0.0102. The minimum atomic E-state index is 0.0798. The number of aryl methyl sites for hydroxylation is 2. The lowest BCUT2D eigenvalue weighted by Gasteiger charge is -2.33. The van der Waals surface area contributed by atoms with Crippen LogP contribution in [0.1, 0.15) is 11.4 Å². The Labute approximate surface area is 129 Å². The number of hydrogen-bond acceptors (Lipinski definition) is 6. The fourth-order valence-electron chi connectivity index (χ4n) is 2.67. The second-order valence-corrected chi connectivity index (χ2v) is 5.48. The van der Waals surface area contributed by atoms with Gasteiger partial charge in [0.2, 0.25) is 0 Å². The molecule has 1 fully saturated rings. The van der Waals surface area contributed by atoms with E-state index in [2.05, 4.69) is 20.2 Å². The summed E-state index contributed by atoms with van der Waals surface area (Å²) in [6, 6.07) is 5.95. The van der Waals surface area contributed by atoms with Gasteiger partial charge in [-0.2, -0.15) is 5.10 Å². The van der Waals surface area contributed by atoms with E-state index in [0.717, 1.165) is 36.1 Å². The van der Waals surface area contributed by atoms with Gasteiger partial charge in [0.1, 0.15) is 0 Å². The number of ether oxygens (including phenoxy) is 2. The van der Waals surface area contributed by atoms with Crippen LogP contribution in [0.15, 0.2) is 18.2 Å². The van der Waals surface area contributed by atoms with Gasteiger partial charge in [-0.25, -0.2) is 4.68 Å². The molecule has 1 aliphatic heterocycles. The summed E-state index contributed by atoms with van der Waals surface area (Å²) < 4.78 is 12.6. The maximum atomic E-state index is 5.65. The second-order valence-electron chi connectivity index (χ2n) is 5.48. The summed E-state index contributed by atoms with van der Waals surface area (Å²) >= 11 is 0. The lowest BCUT2D eigenvalue weighted by atomic mass is 10.3. The van der Waals surface area contributed by atoms with Crippen LogP contribution in [0.5, 0.6) is 0 Å². The highest BCUT2D eigenvalue weighted by Gasteiger charge is 2.21. The molecule has 0 unspecified atom stereocenters. The molecule has 0 bridgehead atoms. The summed E-state index contributed by atoms with van der Waals surface area (Å²) in [4.78, 5) is 2.17. The van der Waals surface area contributed by atoms with Crippen molar-refractivity contribution in [2.45, 2.75) is 20.0 Å². The first-order chi connectivity index (χ1) is 10.7. The van der Waals surface area contributed by atoms with Crippen molar-refractivity contribution in [2.75, 3.05) is 38.3 Å². The standard InChI is InChI=1S/C15H21N5O2/c1-11-8-12(2)20(18-11)15-5-4-14(16-17-15)19-6-7-22-13(9-19)10-21-3/h4-5,8,13H,6-7,9-10H2,1-3H3/t13-/m1/s1. The first-order valence-corrected chi connectivity index (χ1v) is 7.40. The molecule has 0 radical (unpaired) electrons. The quantitative estimate of drug-likeness (QED) is 0.843. The highest BCUT2D eigenvalue weighted by atomic mass is 16.5. The molecular weight excluding hydrogens is 282 g/mol. The third kappa shape index (κ3) is 3.10. The zero-order valence-corrected chi connectivity index (χ0v) is 13.2. The Bertz CT molecular complexity index is 623. The zero-order chi connectivity index (χ0) is 15.5. The summed E-state index contributed by atoms with van der Waals surface area (Å²) in [6.07, 6.45) is 0.0798. The highest BCUT2D eigenvalue weighted by Crippen LogP contribution is 2.16. The van der Waals surface area contributed by atoms with Crippen molar-refractivity contribution in [2.24, 2.45) is 0 Å². The number of morpholine rings is 1. The van der Waals surface area contributed by atoms with E-state index in [9.17, 15) is 0 Å². The van der Waals surface area contributed by atoms with E-state index in [4.69, 9.17) is 9.47 Å². The van der Waals surface area contributed by atoms with Gasteiger partial charge < -0.3 is 14.4 Å². The summed E-state index contributed by atoms with van der Waals surface area (Å²) in [6.45, 7) is 6.82. The zero-order valence-electron chi connectivity index (χ0n) is 13.2. The molecular formula is C15H21N5O2. The fourth-order valence-corrected chi connectivity index (χ4v) is 2.67. The average Bonchev–Trinajstić information content (AvgIpc) is 2.87. The molecule has 2 aromatic heterocycles. The van der Waals surface area contributed by atoms with Crippen LogP contribution in [0.3, 0.4) is 0 Å². The maximum absolute atomic E-state index is 5.65. The third-order valence-electron chi connectivity index (χ3n) is 3.68. The Kier molecular flexibility index (Phi) is 4.35. The number of rotatable bonds is 4. The van der Waals surface area contributed by atoms with Crippen molar-refractivity contribution in [1.82, 2.24) is 20.0 Å². The fraction of sp³-hybridized carbons (Fsp3) is 0.533. The minimum Gasteiger partial charge on any atom is -0.382 e. The molecule has 1 atom stereocenters. The van der Waals surface area contributed by atoms with Gasteiger partial charge in [-0.3, -0.25) is 0 Å². The summed E-state index contributed by atoms with van der Waals surface area (Å²) in [7, 11) is 1.69. The minimum absolute atomic E-state index is 0.0798. The van der Waals surface area contributed by atoms with E-state index in [1.807, 2.05) is 32.0 Å². The number of methoxy groups -OCH3 is 1. The van der Waals surface area contributed by atoms with Crippen LogP contribution in [0.2, 0.25) is 0 Å². The SMILES string of the molecule is COC[C@H]1CN(c2ccc(-n3nc(C)cc3C)nn2)CCO1. The normalized spacial score (nSPS) is 18.7. The number of anilines is 1. The van der Waals surface area contributed by atoms with Crippen molar-refractivity contribution >= 4 is 5.82 Å². The Hall–Kier alpha value is -1.99. The largest absolute Gasteiger partial charge is 0.382 e. The van der Waals surface area contributed by atoms with E-state index >= 15 is 0 Å². The van der Waals surface area contributed by atoms with Gasteiger partial charge in [0.25, 0.3) is 0 Å². The molecule has 7 heteroatoms. The monoisotopic (exact) mass is 303 g/mol. The Balaban J connectivity index is 1.75. The van der Waals surface area contributed by atoms with Crippen LogP contribution in [-0.2, 0) is 9.47 Å². The van der Waals surface area contributed by atoms with Crippen molar-refractivity contribution in [3.63, 3.8) is 0 Å². The molecule has 0 aliphatic carbocycles. The molecule has 22 heavy (non-hydrogen) atoms. The molecule has 118 valence electrons. The maximum Gasteiger partial charge on any atom is 0.176 e. The molecule has 3 rings (SSSR count). The first kappa shape index (κ1) is 14.9. The van der Waals surface area contributed by atoms with Crippen LogP contribution in [0.4, 0.5) is 5.82 Å². The lowest BCUT2D eigenvalue weighted by Crippen LogP contribution is -2.44. The van der Waals surface area contributed by atoms with E-state index in [1.54, 1.807) is 11.8 Å². The Morgan fingerprint density at radius 2 is 2.05 bits per heavy atom. The van der Waals surface area contributed by atoms with Gasteiger partial charge in [-0.15, -0.1) is 10.2 Å². The van der Waals surface area contributed by atoms with Gasteiger partial charge in [0, 0.05) is 25.9 Å². The van der Waals surface area contributed by atoms with Crippen molar-refractivity contribution in [3.8, 4) is 5.82 Å². The van der Waals surface area contributed by atoms with Crippen LogP contribution in [0, 0.1) is 13.8 Å². The smallest absolute Gasteiger partial charge is 0.176 e. The molecule has 0 spiro atoms. The van der Waals surface area contributed by atoms with Gasteiger partial charge in [-0.1, -0.05) is 0 Å². The Morgan fingerprint density at radius 1 is 1.27 bits per heavy atom.